The molecule has 2 aliphatic rings. The van der Waals surface area contributed by atoms with Gasteiger partial charge in [-0.3, -0.25) is 0 Å². The van der Waals surface area contributed by atoms with E-state index in [0.717, 1.165) is 25.7 Å². The Hall–Kier alpha value is -0.980. The number of methoxy groups -OCH3 is 1. The number of hydrogen-bond acceptors (Lipinski definition) is 6. The normalized spacial score (nSPS) is 30.0. The molecule has 1 aliphatic heterocycles. The molecule has 6 nitrogen and oxygen atoms in total. The summed E-state index contributed by atoms with van der Waals surface area (Å²) in [6.07, 6.45) is 4.25. The zero-order valence-electron chi connectivity index (χ0n) is 11.5. The average molecular weight is 267 g/mol. The van der Waals surface area contributed by atoms with Crippen LogP contribution in [0, 0.1) is 0 Å². The Kier molecular flexibility index (Phi) is 3.56. The minimum Gasteiger partial charge on any atom is -0.379 e. The standard InChI is InChI=1S/C13H21N3O3/c1-14-10-8-18-7-9(10)11-15-12(16-19-11)13(17-2)5-3-4-6-13/h9-10,14H,3-8H2,1-2H3. The van der Waals surface area contributed by atoms with Crippen molar-refractivity contribution in [3.05, 3.63) is 11.7 Å². The molecule has 6 heteroatoms. The lowest BCUT2D eigenvalue weighted by Gasteiger charge is -2.22. The van der Waals surface area contributed by atoms with Crippen LogP contribution in [0.15, 0.2) is 4.52 Å². The van der Waals surface area contributed by atoms with E-state index in [2.05, 4.69) is 15.5 Å². The molecule has 0 aromatic carbocycles. The third kappa shape index (κ3) is 2.17. The van der Waals surface area contributed by atoms with Gasteiger partial charge in [0.05, 0.1) is 19.1 Å². The van der Waals surface area contributed by atoms with Crippen molar-refractivity contribution < 1.29 is 14.0 Å². The second kappa shape index (κ2) is 5.19. The van der Waals surface area contributed by atoms with Gasteiger partial charge >= 0.3 is 0 Å². The molecule has 0 spiro atoms. The highest BCUT2D eigenvalue weighted by Gasteiger charge is 2.41. The van der Waals surface area contributed by atoms with Crippen molar-refractivity contribution >= 4 is 0 Å². The fraction of sp³-hybridized carbons (Fsp3) is 0.846. The molecule has 3 rings (SSSR count). The number of nitrogens with one attached hydrogen (secondary N) is 1. The molecule has 2 fully saturated rings. The Morgan fingerprint density at radius 2 is 2.11 bits per heavy atom. The number of rotatable bonds is 4. The maximum Gasteiger partial charge on any atom is 0.233 e. The van der Waals surface area contributed by atoms with Crippen molar-refractivity contribution in [3.8, 4) is 0 Å². The molecule has 1 N–H and O–H groups in total. The lowest BCUT2D eigenvalue weighted by atomic mass is 10.0. The van der Waals surface area contributed by atoms with Crippen LogP contribution in [0.3, 0.4) is 0 Å². The molecule has 1 aliphatic carbocycles. The summed E-state index contributed by atoms with van der Waals surface area (Å²) in [6.45, 7) is 1.32. The predicted octanol–water partition coefficient (Wildman–Crippen LogP) is 1.19. The van der Waals surface area contributed by atoms with Crippen LogP contribution in [0.1, 0.15) is 43.3 Å². The first-order valence-corrected chi connectivity index (χ1v) is 6.93. The van der Waals surface area contributed by atoms with Gasteiger partial charge < -0.3 is 19.3 Å². The lowest BCUT2D eigenvalue weighted by Crippen LogP contribution is -2.31. The fourth-order valence-electron chi connectivity index (χ4n) is 3.12. The lowest BCUT2D eigenvalue weighted by molar-refractivity contribution is -0.0178. The highest BCUT2D eigenvalue weighted by atomic mass is 16.5. The van der Waals surface area contributed by atoms with Crippen LogP contribution in [0.5, 0.6) is 0 Å². The highest BCUT2D eigenvalue weighted by Crippen LogP contribution is 2.40. The first kappa shape index (κ1) is 13.0. The van der Waals surface area contributed by atoms with Crippen LogP contribution < -0.4 is 5.32 Å². The van der Waals surface area contributed by atoms with Crippen molar-refractivity contribution in [2.45, 2.75) is 43.2 Å². The SMILES string of the molecule is CNC1COCC1c1nc(C2(OC)CCCC2)no1. The first-order valence-electron chi connectivity index (χ1n) is 6.93. The van der Waals surface area contributed by atoms with Crippen molar-refractivity contribution in [2.24, 2.45) is 0 Å². The van der Waals surface area contributed by atoms with Crippen molar-refractivity contribution in [1.82, 2.24) is 15.5 Å². The largest absolute Gasteiger partial charge is 0.379 e. The molecule has 2 atom stereocenters. The summed E-state index contributed by atoms with van der Waals surface area (Å²) in [5.41, 5.74) is -0.337. The second-order valence-corrected chi connectivity index (χ2v) is 5.40. The van der Waals surface area contributed by atoms with Crippen LogP contribution in [-0.4, -0.2) is 43.6 Å². The number of ether oxygens (including phenoxy) is 2. The van der Waals surface area contributed by atoms with Gasteiger partial charge in [-0.2, -0.15) is 4.98 Å². The van der Waals surface area contributed by atoms with Gasteiger partial charge in [-0.25, -0.2) is 0 Å². The van der Waals surface area contributed by atoms with Gasteiger partial charge in [-0.1, -0.05) is 5.16 Å². The summed E-state index contributed by atoms with van der Waals surface area (Å²) in [5, 5.41) is 7.39. The number of hydrogen-bond donors (Lipinski definition) is 1. The minimum absolute atomic E-state index is 0.140. The monoisotopic (exact) mass is 267 g/mol. The van der Waals surface area contributed by atoms with Gasteiger partial charge in [0.1, 0.15) is 5.60 Å². The van der Waals surface area contributed by atoms with E-state index in [1.54, 1.807) is 7.11 Å². The highest BCUT2D eigenvalue weighted by molar-refractivity contribution is 5.08. The van der Waals surface area contributed by atoms with E-state index >= 15 is 0 Å². The van der Waals surface area contributed by atoms with Crippen LogP contribution in [0.2, 0.25) is 0 Å². The maximum atomic E-state index is 5.68. The molecule has 1 aromatic rings. The smallest absolute Gasteiger partial charge is 0.233 e. The first-order chi connectivity index (χ1) is 9.29. The molecule has 1 saturated heterocycles. The van der Waals surface area contributed by atoms with E-state index in [1.807, 2.05) is 7.05 Å². The summed E-state index contributed by atoms with van der Waals surface area (Å²) < 4.78 is 16.6. The average Bonchev–Trinajstić information content (AvgIpc) is 3.17. The van der Waals surface area contributed by atoms with Gasteiger partial charge in [0.2, 0.25) is 11.7 Å². The Bertz CT molecular complexity index is 429. The van der Waals surface area contributed by atoms with E-state index < -0.39 is 0 Å². The molecule has 0 radical (unpaired) electrons. The topological polar surface area (TPSA) is 69.4 Å². The van der Waals surface area contributed by atoms with Crippen LogP contribution in [-0.2, 0) is 15.1 Å². The fourth-order valence-corrected chi connectivity index (χ4v) is 3.12. The molecule has 0 amide bonds. The van der Waals surface area contributed by atoms with Gasteiger partial charge in [0.25, 0.3) is 0 Å². The Morgan fingerprint density at radius 1 is 1.32 bits per heavy atom. The van der Waals surface area contributed by atoms with Crippen LogP contribution in [0.25, 0.3) is 0 Å². The third-order valence-corrected chi connectivity index (χ3v) is 4.42. The quantitative estimate of drug-likeness (QED) is 0.883. The van der Waals surface area contributed by atoms with Crippen molar-refractivity contribution in [2.75, 3.05) is 27.4 Å². The summed E-state index contributed by atoms with van der Waals surface area (Å²) in [7, 11) is 3.66. The number of likely N-dealkylation sites (N-methyl/N-ethyl adjacent to an activating group) is 1. The predicted molar refractivity (Wildman–Crippen MR) is 67.9 cm³/mol. The number of nitrogens with zero attached hydrogens (tertiary/aromatic N) is 2. The molecule has 0 bridgehead atoms. The molecular weight excluding hydrogens is 246 g/mol. The summed E-state index contributed by atoms with van der Waals surface area (Å²) in [4.78, 5) is 4.59. The van der Waals surface area contributed by atoms with E-state index in [4.69, 9.17) is 14.0 Å². The Morgan fingerprint density at radius 3 is 2.79 bits per heavy atom. The summed E-state index contributed by atoms with van der Waals surface area (Å²) in [6, 6.07) is 0.246. The van der Waals surface area contributed by atoms with E-state index in [9.17, 15) is 0 Å². The second-order valence-electron chi connectivity index (χ2n) is 5.40. The molecule has 1 aromatic heterocycles. The third-order valence-electron chi connectivity index (χ3n) is 4.42. The van der Waals surface area contributed by atoms with E-state index in [0.29, 0.717) is 24.9 Å². The zero-order valence-corrected chi connectivity index (χ0v) is 11.5. The van der Waals surface area contributed by atoms with Crippen LogP contribution >= 0.6 is 0 Å². The van der Waals surface area contributed by atoms with E-state index in [-0.39, 0.29) is 17.6 Å². The summed E-state index contributed by atoms with van der Waals surface area (Å²) >= 11 is 0. The van der Waals surface area contributed by atoms with Gasteiger partial charge in [-0.05, 0) is 32.7 Å². The number of aromatic nitrogens is 2. The Labute approximate surface area is 112 Å². The van der Waals surface area contributed by atoms with E-state index in [1.165, 1.54) is 0 Å². The minimum atomic E-state index is -0.337. The Balaban J connectivity index is 1.83. The molecular formula is C13H21N3O3. The van der Waals surface area contributed by atoms with Crippen LogP contribution in [0.4, 0.5) is 0 Å². The molecule has 19 heavy (non-hydrogen) atoms. The molecule has 2 unspecified atom stereocenters. The molecule has 1 saturated carbocycles. The van der Waals surface area contributed by atoms with Gasteiger partial charge in [0.15, 0.2) is 0 Å². The van der Waals surface area contributed by atoms with Gasteiger partial charge in [0, 0.05) is 13.2 Å². The molecule has 2 heterocycles. The van der Waals surface area contributed by atoms with Crippen molar-refractivity contribution in [3.63, 3.8) is 0 Å². The molecule has 106 valence electrons. The van der Waals surface area contributed by atoms with Crippen molar-refractivity contribution in [1.29, 1.82) is 0 Å². The van der Waals surface area contributed by atoms with Gasteiger partial charge in [-0.15, -0.1) is 0 Å². The zero-order chi connectivity index (χ0) is 13.3. The maximum absolute atomic E-state index is 5.68. The summed E-state index contributed by atoms with van der Waals surface area (Å²) in [5.74, 6) is 1.50.